The lowest BCUT2D eigenvalue weighted by atomic mass is 9.92. The van der Waals surface area contributed by atoms with Crippen LogP contribution in [0.4, 0.5) is 0 Å². The van der Waals surface area contributed by atoms with Gasteiger partial charge in [0.05, 0.1) is 5.60 Å². The Morgan fingerprint density at radius 1 is 1.31 bits per heavy atom. The Labute approximate surface area is 105 Å². The highest BCUT2D eigenvalue weighted by Crippen LogP contribution is 2.27. The molecule has 1 aliphatic carbocycles. The molecule has 1 rings (SSSR count). The molecule has 0 amide bonds. The smallest absolute Gasteiger partial charge is 0.0766 e. The molecule has 2 N–H and O–H groups in total. The SMILES string of the molecule is CCC(O)(CC)CNC1CCCC(SC)C1. The summed E-state index contributed by atoms with van der Waals surface area (Å²) in [7, 11) is 0. The molecule has 0 heterocycles. The van der Waals surface area contributed by atoms with Gasteiger partial charge in [-0.05, 0) is 38.4 Å². The van der Waals surface area contributed by atoms with Crippen LogP contribution in [-0.4, -0.2) is 34.8 Å². The van der Waals surface area contributed by atoms with Gasteiger partial charge in [0.15, 0.2) is 0 Å². The van der Waals surface area contributed by atoms with Crippen molar-refractivity contribution in [3.05, 3.63) is 0 Å². The maximum atomic E-state index is 10.2. The lowest BCUT2D eigenvalue weighted by Gasteiger charge is -2.33. The summed E-state index contributed by atoms with van der Waals surface area (Å²) >= 11 is 1.99. The van der Waals surface area contributed by atoms with E-state index in [9.17, 15) is 5.11 Å². The van der Waals surface area contributed by atoms with E-state index >= 15 is 0 Å². The van der Waals surface area contributed by atoms with Crippen molar-refractivity contribution in [3.8, 4) is 0 Å². The molecule has 1 fully saturated rings. The fourth-order valence-electron chi connectivity index (χ4n) is 2.38. The van der Waals surface area contributed by atoms with Crippen LogP contribution in [0.3, 0.4) is 0 Å². The van der Waals surface area contributed by atoms with Gasteiger partial charge >= 0.3 is 0 Å². The molecule has 2 atom stereocenters. The number of thioether (sulfide) groups is 1. The number of nitrogens with one attached hydrogen (secondary N) is 1. The van der Waals surface area contributed by atoms with Crippen molar-refractivity contribution in [2.45, 2.75) is 69.3 Å². The number of hydrogen-bond donors (Lipinski definition) is 2. The molecule has 0 aromatic carbocycles. The molecule has 0 aromatic rings. The summed E-state index contributed by atoms with van der Waals surface area (Å²) < 4.78 is 0. The van der Waals surface area contributed by atoms with E-state index in [4.69, 9.17) is 0 Å². The minimum atomic E-state index is -0.494. The number of rotatable bonds is 6. The molecule has 1 aliphatic rings. The molecule has 0 spiro atoms. The third-order valence-electron chi connectivity index (χ3n) is 4.00. The van der Waals surface area contributed by atoms with Crippen molar-refractivity contribution in [1.82, 2.24) is 5.32 Å². The first-order valence-electron chi connectivity index (χ1n) is 6.62. The highest BCUT2D eigenvalue weighted by molar-refractivity contribution is 7.99. The second-order valence-corrected chi connectivity index (χ2v) is 6.17. The molecule has 16 heavy (non-hydrogen) atoms. The lowest BCUT2D eigenvalue weighted by Crippen LogP contribution is -2.45. The minimum Gasteiger partial charge on any atom is -0.389 e. The molecule has 0 radical (unpaired) electrons. The van der Waals surface area contributed by atoms with Crippen LogP contribution in [0.1, 0.15) is 52.4 Å². The fourth-order valence-corrected chi connectivity index (χ4v) is 3.21. The van der Waals surface area contributed by atoms with Gasteiger partial charge in [0, 0.05) is 17.8 Å². The van der Waals surface area contributed by atoms with E-state index in [0.29, 0.717) is 6.04 Å². The Morgan fingerprint density at radius 2 is 2.00 bits per heavy atom. The molecule has 2 unspecified atom stereocenters. The van der Waals surface area contributed by atoms with Crippen LogP contribution in [0.2, 0.25) is 0 Å². The summed E-state index contributed by atoms with van der Waals surface area (Å²) in [5, 5.41) is 14.6. The van der Waals surface area contributed by atoms with Crippen LogP contribution in [0.5, 0.6) is 0 Å². The highest BCUT2D eigenvalue weighted by Gasteiger charge is 2.26. The predicted octanol–water partition coefficient (Wildman–Crippen LogP) is 2.80. The van der Waals surface area contributed by atoms with Crippen LogP contribution < -0.4 is 5.32 Å². The van der Waals surface area contributed by atoms with Crippen molar-refractivity contribution >= 4 is 11.8 Å². The predicted molar refractivity (Wildman–Crippen MR) is 73.1 cm³/mol. The zero-order chi connectivity index (χ0) is 12.0. The quantitative estimate of drug-likeness (QED) is 0.755. The van der Waals surface area contributed by atoms with E-state index in [2.05, 4.69) is 25.4 Å². The Balaban J connectivity index is 2.31. The van der Waals surface area contributed by atoms with E-state index < -0.39 is 5.60 Å². The van der Waals surface area contributed by atoms with Crippen LogP contribution in [0, 0.1) is 0 Å². The average molecular weight is 245 g/mol. The average Bonchev–Trinajstić information content (AvgIpc) is 2.36. The summed E-state index contributed by atoms with van der Waals surface area (Å²) in [5.41, 5.74) is -0.494. The van der Waals surface area contributed by atoms with Gasteiger partial charge in [0.25, 0.3) is 0 Å². The van der Waals surface area contributed by atoms with Crippen molar-refractivity contribution in [2.75, 3.05) is 12.8 Å². The standard InChI is InChI=1S/C13H27NOS/c1-4-13(15,5-2)10-14-11-7-6-8-12(9-11)16-3/h11-12,14-15H,4-10H2,1-3H3. The molecule has 3 heteroatoms. The fraction of sp³-hybridized carbons (Fsp3) is 1.00. The topological polar surface area (TPSA) is 32.3 Å². The Hall–Kier alpha value is 0.270. The van der Waals surface area contributed by atoms with Gasteiger partial charge in [0.1, 0.15) is 0 Å². The first-order valence-corrected chi connectivity index (χ1v) is 7.91. The van der Waals surface area contributed by atoms with Crippen molar-refractivity contribution < 1.29 is 5.11 Å². The van der Waals surface area contributed by atoms with E-state index in [1.165, 1.54) is 25.7 Å². The van der Waals surface area contributed by atoms with Crippen molar-refractivity contribution in [1.29, 1.82) is 0 Å². The first kappa shape index (κ1) is 14.3. The first-order chi connectivity index (χ1) is 7.63. The maximum Gasteiger partial charge on any atom is 0.0766 e. The number of hydrogen-bond acceptors (Lipinski definition) is 3. The molecule has 96 valence electrons. The van der Waals surface area contributed by atoms with E-state index in [1.54, 1.807) is 0 Å². The third-order valence-corrected chi connectivity index (χ3v) is 5.09. The summed E-state index contributed by atoms with van der Waals surface area (Å²) in [6.07, 6.45) is 9.14. The van der Waals surface area contributed by atoms with Crippen molar-refractivity contribution in [2.24, 2.45) is 0 Å². The molecule has 0 aromatic heterocycles. The molecular weight excluding hydrogens is 218 g/mol. The molecule has 0 bridgehead atoms. The summed E-state index contributed by atoms with van der Waals surface area (Å²) in [6.45, 7) is 4.89. The zero-order valence-corrected chi connectivity index (χ0v) is 11.8. The van der Waals surface area contributed by atoms with Gasteiger partial charge in [-0.2, -0.15) is 11.8 Å². The molecular formula is C13H27NOS. The maximum absolute atomic E-state index is 10.2. The van der Waals surface area contributed by atoms with Gasteiger partial charge in [0.2, 0.25) is 0 Å². The largest absolute Gasteiger partial charge is 0.389 e. The monoisotopic (exact) mass is 245 g/mol. The highest BCUT2D eigenvalue weighted by atomic mass is 32.2. The second kappa shape index (κ2) is 6.87. The van der Waals surface area contributed by atoms with E-state index in [1.807, 2.05) is 11.8 Å². The second-order valence-electron chi connectivity index (χ2n) is 5.03. The van der Waals surface area contributed by atoms with Gasteiger partial charge in [-0.3, -0.25) is 0 Å². The van der Waals surface area contributed by atoms with Crippen LogP contribution in [0.25, 0.3) is 0 Å². The van der Waals surface area contributed by atoms with Gasteiger partial charge in [-0.25, -0.2) is 0 Å². The van der Waals surface area contributed by atoms with Crippen LogP contribution >= 0.6 is 11.8 Å². The zero-order valence-electron chi connectivity index (χ0n) is 11.0. The van der Waals surface area contributed by atoms with Gasteiger partial charge in [-0.15, -0.1) is 0 Å². The van der Waals surface area contributed by atoms with Crippen LogP contribution in [-0.2, 0) is 0 Å². The third kappa shape index (κ3) is 4.27. The molecule has 0 aliphatic heterocycles. The Bertz CT molecular complexity index is 194. The van der Waals surface area contributed by atoms with Crippen molar-refractivity contribution in [3.63, 3.8) is 0 Å². The normalized spacial score (nSPS) is 27.0. The summed E-state index contributed by atoms with van der Waals surface area (Å²) in [4.78, 5) is 0. The molecule has 1 saturated carbocycles. The van der Waals surface area contributed by atoms with Gasteiger partial charge in [-0.1, -0.05) is 20.3 Å². The van der Waals surface area contributed by atoms with Crippen LogP contribution in [0.15, 0.2) is 0 Å². The lowest BCUT2D eigenvalue weighted by molar-refractivity contribution is 0.0287. The number of aliphatic hydroxyl groups is 1. The summed E-state index contributed by atoms with van der Waals surface area (Å²) in [6, 6.07) is 0.621. The summed E-state index contributed by atoms with van der Waals surface area (Å²) in [5.74, 6) is 0. The molecule has 2 nitrogen and oxygen atoms in total. The Kier molecular flexibility index (Phi) is 6.16. The molecule has 0 saturated heterocycles. The Morgan fingerprint density at radius 3 is 2.56 bits per heavy atom. The van der Waals surface area contributed by atoms with E-state index in [-0.39, 0.29) is 0 Å². The minimum absolute atomic E-state index is 0.494. The van der Waals surface area contributed by atoms with E-state index in [0.717, 1.165) is 24.6 Å². The van der Waals surface area contributed by atoms with Gasteiger partial charge < -0.3 is 10.4 Å².